The minimum atomic E-state index is -0.900. The van der Waals surface area contributed by atoms with Crippen LogP contribution >= 0.6 is 0 Å². The highest BCUT2D eigenvalue weighted by Gasteiger charge is 2.24. The van der Waals surface area contributed by atoms with E-state index in [-0.39, 0.29) is 19.1 Å². The number of aliphatic carboxylic acids is 1. The highest BCUT2D eigenvalue weighted by molar-refractivity contribution is 5.72. The summed E-state index contributed by atoms with van der Waals surface area (Å²) in [5, 5.41) is 11.6. The SMILES string of the molecule is CC[C@H](C)[C@@H](CNC(=O)OCc1ccccc1)C(=O)O. The second-order valence-corrected chi connectivity index (χ2v) is 4.77. The highest BCUT2D eigenvalue weighted by atomic mass is 16.5. The van der Waals surface area contributed by atoms with Crippen LogP contribution in [0.15, 0.2) is 30.3 Å². The molecular weight excluding hydrogens is 258 g/mol. The number of carbonyl (C=O) groups is 2. The van der Waals surface area contributed by atoms with Crippen molar-refractivity contribution < 1.29 is 19.4 Å². The summed E-state index contributed by atoms with van der Waals surface area (Å²) in [6, 6.07) is 9.31. The summed E-state index contributed by atoms with van der Waals surface area (Å²) in [7, 11) is 0. The molecule has 0 aliphatic carbocycles. The van der Waals surface area contributed by atoms with Crippen LogP contribution in [0.3, 0.4) is 0 Å². The van der Waals surface area contributed by atoms with Crippen LogP contribution in [0, 0.1) is 11.8 Å². The van der Waals surface area contributed by atoms with Crippen LogP contribution in [0.2, 0.25) is 0 Å². The zero-order valence-electron chi connectivity index (χ0n) is 11.8. The van der Waals surface area contributed by atoms with Crippen LogP contribution < -0.4 is 5.32 Å². The normalized spacial score (nSPS) is 13.3. The van der Waals surface area contributed by atoms with Crippen molar-refractivity contribution in [1.29, 1.82) is 0 Å². The Morgan fingerprint density at radius 2 is 1.95 bits per heavy atom. The first-order valence-corrected chi connectivity index (χ1v) is 6.72. The van der Waals surface area contributed by atoms with Gasteiger partial charge in [-0.1, -0.05) is 50.6 Å². The van der Waals surface area contributed by atoms with Gasteiger partial charge in [0.05, 0.1) is 5.92 Å². The maximum Gasteiger partial charge on any atom is 0.407 e. The van der Waals surface area contributed by atoms with E-state index in [1.54, 1.807) is 0 Å². The van der Waals surface area contributed by atoms with Crippen LogP contribution in [0.5, 0.6) is 0 Å². The summed E-state index contributed by atoms with van der Waals surface area (Å²) in [5.41, 5.74) is 0.888. The predicted molar refractivity (Wildman–Crippen MR) is 75.2 cm³/mol. The molecule has 1 aromatic rings. The number of carboxylic acids is 1. The fraction of sp³-hybridized carbons (Fsp3) is 0.467. The second-order valence-electron chi connectivity index (χ2n) is 4.77. The third-order valence-corrected chi connectivity index (χ3v) is 3.33. The molecule has 0 spiro atoms. The number of carbonyl (C=O) groups excluding carboxylic acids is 1. The Morgan fingerprint density at radius 1 is 1.30 bits per heavy atom. The molecule has 0 unspecified atom stereocenters. The van der Waals surface area contributed by atoms with Crippen LogP contribution in [0.1, 0.15) is 25.8 Å². The molecule has 0 heterocycles. The molecule has 0 saturated heterocycles. The van der Waals surface area contributed by atoms with Gasteiger partial charge in [-0.25, -0.2) is 4.79 Å². The van der Waals surface area contributed by atoms with Crippen LogP contribution in [0.4, 0.5) is 4.79 Å². The number of ether oxygens (including phenoxy) is 1. The summed E-state index contributed by atoms with van der Waals surface area (Å²) >= 11 is 0. The third kappa shape index (κ3) is 5.30. The zero-order chi connectivity index (χ0) is 15.0. The van der Waals surface area contributed by atoms with Crippen molar-refractivity contribution in [1.82, 2.24) is 5.32 Å². The minimum Gasteiger partial charge on any atom is -0.481 e. The van der Waals surface area contributed by atoms with Crippen molar-refractivity contribution in [2.75, 3.05) is 6.54 Å². The van der Waals surface area contributed by atoms with E-state index in [9.17, 15) is 9.59 Å². The average molecular weight is 279 g/mol. The molecule has 110 valence electrons. The molecule has 0 radical (unpaired) electrons. The van der Waals surface area contributed by atoms with Crippen molar-refractivity contribution in [3.8, 4) is 0 Å². The smallest absolute Gasteiger partial charge is 0.407 e. The lowest BCUT2D eigenvalue weighted by Crippen LogP contribution is -2.36. The van der Waals surface area contributed by atoms with E-state index in [2.05, 4.69) is 5.32 Å². The van der Waals surface area contributed by atoms with E-state index in [0.29, 0.717) is 0 Å². The first-order chi connectivity index (χ1) is 9.54. The van der Waals surface area contributed by atoms with Gasteiger partial charge in [0.2, 0.25) is 0 Å². The first-order valence-electron chi connectivity index (χ1n) is 6.72. The van der Waals surface area contributed by atoms with Crippen LogP contribution in [-0.4, -0.2) is 23.7 Å². The Kier molecular flexibility index (Phi) is 6.56. The summed E-state index contributed by atoms with van der Waals surface area (Å²) in [4.78, 5) is 22.6. The molecule has 0 aliphatic rings. The monoisotopic (exact) mass is 279 g/mol. The molecule has 0 aliphatic heterocycles. The Hall–Kier alpha value is -2.04. The fourth-order valence-corrected chi connectivity index (χ4v) is 1.78. The number of benzene rings is 1. The van der Waals surface area contributed by atoms with Gasteiger partial charge in [0, 0.05) is 6.54 Å². The molecule has 1 aromatic carbocycles. The van der Waals surface area contributed by atoms with E-state index in [1.807, 2.05) is 44.2 Å². The van der Waals surface area contributed by atoms with E-state index in [4.69, 9.17) is 9.84 Å². The zero-order valence-corrected chi connectivity index (χ0v) is 11.8. The summed E-state index contributed by atoms with van der Waals surface area (Å²) in [6.07, 6.45) is 0.154. The van der Waals surface area contributed by atoms with E-state index in [1.165, 1.54) is 0 Å². The molecular formula is C15H21NO4. The van der Waals surface area contributed by atoms with Gasteiger partial charge in [-0.2, -0.15) is 0 Å². The van der Waals surface area contributed by atoms with Crippen molar-refractivity contribution in [2.24, 2.45) is 11.8 Å². The molecule has 2 atom stereocenters. The summed E-state index contributed by atoms with van der Waals surface area (Å²) in [6.45, 7) is 4.04. The van der Waals surface area contributed by atoms with Gasteiger partial charge >= 0.3 is 12.1 Å². The van der Waals surface area contributed by atoms with E-state index < -0.39 is 18.0 Å². The molecule has 0 saturated carbocycles. The van der Waals surface area contributed by atoms with Crippen LogP contribution in [0.25, 0.3) is 0 Å². The molecule has 2 N–H and O–H groups in total. The minimum absolute atomic E-state index is 0.00178. The Labute approximate surface area is 118 Å². The highest BCUT2D eigenvalue weighted by Crippen LogP contribution is 2.14. The molecule has 5 heteroatoms. The van der Waals surface area contributed by atoms with Gasteiger partial charge in [0.15, 0.2) is 0 Å². The second kappa shape index (κ2) is 8.19. The number of hydrogen-bond donors (Lipinski definition) is 2. The fourth-order valence-electron chi connectivity index (χ4n) is 1.78. The molecule has 20 heavy (non-hydrogen) atoms. The maximum absolute atomic E-state index is 11.5. The average Bonchev–Trinajstić information content (AvgIpc) is 2.45. The third-order valence-electron chi connectivity index (χ3n) is 3.33. The van der Waals surface area contributed by atoms with Crippen molar-refractivity contribution >= 4 is 12.1 Å². The number of hydrogen-bond acceptors (Lipinski definition) is 3. The Balaban J connectivity index is 2.36. The van der Waals surface area contributed by atoms with Crippen LogP contribution in [-0.2, 0) is 16.1 Å². The van der Waals surface area contributed by atoms with Gasteiger partial charge < -0.3 is 15.2 Å². The maximum atomic E-state index is 11.5. The summed E-state index contributed by atoms with van der Waals surface area (Å²) in [5.74, 6) is -1.49. The van der Waals surface area contributed by atoms with E-state index in [0.717, 1.165) is 12.0 Å². The number of amides is 1. The van der Waals surface area contributed by atoms with Crippen molar-refractivity contribution in [2.45, 2.75) is 26.9 Å². The largest absolute Gasteiger partial charge is 0.481 e. The van der Waals surface area contributed by atoms with Gasteiger partial charge in [0.25, 0.3) is 0 Å². The standard InChI is InChI=1S/C15H21NO4/c1-3-11(2)13(14(17)18)9-16-15(19)20-10-12-7-5-4-6-8-12/h4-8,11,13H,3,9-10H2,1-2H3,(H,16,19)(H,17,18)/t11-,13+/m0/s1. The Bertz CT molecular complexity index is 433. The van der Waals surface area contributed by atoms with Gasteiger partial charge in [-0.15, -0.1) is 0 Å². The number of carboxylic acid groups (broad SMARTS) is 1. The Morgan fingerprint density at radius 3 is 2.50 bits per heavy atom. The molecule has 0 fully saturated rings. The summed E-state index contributed by atoms with van der Waals surface area (Å²) < 4.78 is 5.03. The number of alkyl carbamates (subject to hydrolysis) is 1. The number of rotatable bonds is 7. The van der Waals surface area contributed by atoms with Crippen molar-refractivity contribution in [3.05, 3.63) is 35.9 Å². The lowest BCUT2D eigenvalue weighted by Gasteiger charge is -2.18. The predicted octanol–water partition coefficient (Wildman–Crippen LogP) is 2.66. The molecule has 1 amide bonds. The lowest BCUT2D eigenvalue weighted by molar-refractivity contribution is -0.143. The molecule has 5 nitrogen and oxygen atoms in total. The lowest BCUT2D eigenvalue weighted by atomic mass is 9.92. The first kappa shape index (κ1) is 16.0. The quantitative estimate of drug-likeness (QED) is 0.804. The topological polar surface area (TPSA) is 75.6 Å². The molecule has 1 rings (SSSR count). The number of nitrogens with one attached hydrogen (secondary N) is 1. The van der Waals surface area contributed by atoms with Crippen molar-refractivity contribution in [3.63, 3.8) is 0 Å². The van der Waals surface area contributed by atoms with Gasteiger partial charge in [0.1, 0.15) is 6.61 Å². The molecule has 0 bridgehead atoms. The van der Waals surface area contributed by atoms with Gasteiger partial charge in [-0.3, -0.25) is 4.79 Å². The molecule has 0 aromatic heterocycles. The van der Waals surface area contributed by atoms with Gasteiger partial charge in [-0.05, 0) is 11.5 Å². The van der Waals surface area contributed by atoms with E-state index >= 15 is 0 Å².